The first-order chi connectivity index (χ1) is 4.22. The number of hydrogen-bond donors (Lipinski definition) is 0. The zero-order valence-electron chi connectivity index (χ0n) is 4.88. The molecular formula is C6H5O3-. The SMILES string of the molecule is Cc1ccoc1C(=O)[O-]. The summed E-state index contributed by atoms with van der Waals surface area (Å²) >= 11 is 0. The molecular weight excluding hydrogens is 120 g/mol. The molecule has 0 saturated carbocycles. The van der Waals surface area contributed by atoms with Gasteiger partial charge in [0.1, 0.15) is 5.97 Å². The van der Waals surface area contributed by atoms with Gasteiger partial charge in [-0.25, -0.2) is 0 Å². The van der Waals surface area contributed by atoms with E-state index in [9.17, 15) is 9.90 Å². The monoisotopic (exact) mass is 125 g/mol. The molecule has 0 aromatic carbocycles. The van der Waals surface area contributed by atoms with Gasteiger partial charge >= 0.3 is 0 Å². The van der Waals surface area contributed by atoms with Gasteiger partial charge in [0.2, 0.25) is 0 Å². The Labute approximate surface area is 51.9 Å². The van der Waals surface area contributed by atoms with E-state index in [4.69, 9.17) is 0 Å². The Morgan fingerprint density at radius 1 is 1.78 bits per heavy atom. The van der Waals surface area contributed by atoms with Crippen molar-refractivity contribution in [2.45, 2.75) is 6.92 Å². The van der Waals surface area contributed by atoms with Gasteiger partial charge in [-0.1, -0.05) is 0 Å². The zero-order valence-corrected chi connectivity index (χ0v) is 4.88. The number of aromatic carboxylic acids is 1. The van der Waals surface area contributed by atoms with E-state index in [1.54, 1.807) is 13.0 Å². The van der Waals surface area contributed by atoms with Crippen LogP contribution in [-0.2, 0) is 0 Å². The van der Waals surface area contributed by atoms with Crippen LogP contribution in [0, 0.1) is 6.92 Å². The molecule has 0 aliphatic rings. The smallest absolute Gasteiger partial charge is 0.152 e. The lowest BCUT2D eigenvalue weighted by molar-refractivity contribution is -0.257. The van der Waals surface area contributed by atoms with Gasteiger partial charge in [0.05, 0.1) is 6.26 Å². The maximum absolute atomic E-state index is 10.1. The van der Waals surface area contributed by atoms with Crippen molar-refractivity contribution < 1.29 is 14.3 Å². The molecule has 0 radical (unpaired) electrons. The third-order valence-corrected chi connectivity index (χ3v) is 1.05. The fraction of sp³-hybridized carbons (Fsp3) is 0.167. The molecule has 0 aliphatic heterocycles. The molecule has 0 atom stereocenters. The van der Waals surface area contributed by atoms with Gasteiger partial charge in [-0.3, -0.25) is 0 Å². The Kier molecular flexibility index (Phi) is 1.26. The van der Waals surface area contributed by atoms with Crippen molar-refractivity contribution in [1.82, 2.24) is 0 Å². The van der Waals surface area contributed by atoms with Gasteiger partial charge in [-0.05, 0) is 18.6 Å². The van der Waals surface area contributed by atoms with Crippen LogP contribution >= 0.6 is 0 Å². The fourth-order valence-corrected chi connectivity index (χ4v) is 0.582. The van der Waals surface area contributed by atoms with Crippen LogP contribution in [0.15, 0.2) is 16.7 Å². The number of carboxylic acids is 1. The molecule has 0 spiro atoms. The lowest BCUT2D eigenvalue weighted by atomic mass is 10.3. The summed E-state index contributed by atoms with van der Waals surface area (Å²) in [5, 5.41) is 10.1. The van der Waals surface area contributed by atoms with Crippen LogP contribution < -0.4 is 5.11 Å². The molecule has 0 bridgehead atoms. The molecule has 48 valence electrons. The average Bonchev–Trinajstić information content (AvgIpc) is 2.13. The predicted molar refractivity (Wildman–Crippen MR) is 27.8 cm³/mol. The second-order valence-corrected chi connectivity index (χ2v) is 1.72. The molecule has 3 heteroatoms. The van der Waals surface area contributed by atoms with Gasteiger partial charge in [0.15, 0.2) is 5.76 Å². The molecule has 0 amide bonds. The standard InChI is InChI=1S/C6H6O3/c1-4-2-3-9-5(4)6(7)8/h2-3H,1H3,(H,7,8)/p-1. The molecule has 9 heavy (non-hydrogen) atoms. The Balaban J connectivity index is 3.08. The van der Waals surface area contributed by atoms with Crippen molar-refractivity contribution in [2.24, 2.45) is 0 Å². The highest BCUT2D eigenvalue weighted by molar-refractivity contribution is 5.83. The number of carboxylic acid groups (broad SMARTS) is 1. The summed E-state index contributed by atoms with van der Waals surface area (Å²) in [7, 11) is 0. The summed E-state index contributed by atoms with van der Waals surface area (Å²) in [6, 6.07) is 1.57. The Morgan fingerprint density at radius 3 is 2.67 bits per heavy atom. The van der Waals surface area contributed by atoms with Crippen LogP contribution in [0.5, 0.6) is 0 Å². The number of carbonyl (C=O) groups is 1. The summed E-state index contributed by atoms with van der Waals surface area (Å²) in [5.74, 6) is -1.35. The molecule has 1 heterocycles. The summed E-state index contributed by atoms with van der Waals surface area (Å²) < 4.78 is 4.56. The lowest BCUT2D eigenvalue weighted by Gasteiger charge is -1.95. The average molecular weight is 125 g/mol. The van der Waals surface area contributed by atoms with Crippen LogP contribution in [0.4, 0.5) is 0 Å². The lowest BCUT2D eigenvalue weighted by Crippen LogP contribution is -2.22. The van der Waals surface area contributed by atoms with Crippen LogP contribution in [0.2, 0.25) is 0 Å². The van der Waals surface area contributed by atoms with Crippen molar-refractivity contribution in [3.8, 4) is 0 Å². The van der Waals surface area contributed by atoms with Crippen molar-refractivity contribution in [2.75, 3.05) is 0 Å². The van der Waals surface area contributed by atoms with Crippen LogP contribution in [0.1, 0.15) is 16.1 Å². The first-order valence-electron chi connectivity index (χ1n) is 2.47. The van der Waals surface area contributed by atoms with Gasteiger partial charge < -0.3 is 14.3 Å². The van der Waals surface area contributed by atoms with Crippen LogP contribution in [0.3, 0.4) is 0 Å². The van der Waals surface area contributed by atoms with Crippen LogP contribution in [0.25, 0.3) is 0 Å². The molecule has 0 fully saturated rings. The summed E-state index contributed by atoms with van der Waals surface area (Å²) in [5.41, 5.74) is 0.593. The van der Waals surface area contributed by atoms with E-state index in [0.717, 1.165) is 0 Å². The highest BCUT2D eigenvalue weighted by Crippen LogP contribution is 2.05. The first-order valence-corrected chi connectivity index (χ1v) is 2.47. The van der Waals surface area contributed by atoms with E-state index in [2.05, 4.69) is 4.42 Å². The van der Waals surface area contributed by atoms with Gasteiger partial charge in [0, 0.05) is 0 Å². The van der Waals surface area contributed by atoms with Crippen molar-refractivity contribution >= 4 is 5.97 Å². The highest BCUT2D eigenvalue weighted by atomic mass is 16.4. The molecule has 0 unspecified atom stereocenters. The molecule has 0 N–H and O–H groups in total. The Morgan fingerprint density at radius 2 is 2.44 bits per heavy atom. The van der Waals surface area contributed by atoms with E-state index >= 15 is 0 Å². The quantitative estimate of drug-likeness (QED) is 0.528. The third-order valence-electron chi connectivity index (χ3n) is 1.05. The minimum atomic E-state index is -1.27. The van der Waals surface area contributed by atoms with E-state index in [0.29, 0.717) is 5.56 Å². The van der Waals surface area contributed by atoms with Crippen molar-refractivity contribution in [3.63, 3.8) is 0 Å². The van der Waals surface area contributed by atoms with E-state index in [1.807, 2.05) is 0 Å². The summed E-state index contributed by atoms with van der Waals surface area (Å²) in [6.07, 6.45) is 1.32. The minimum Gasteiger partial charge on any atom is -0.542 e. The number of furan rings is 1. The van der Waals surface area contributed by atoms with Gasteiger partial charge in [-0.15, -0.1) is 0 Å². The van der Waals surface area contributed by atoms with Crippen molar-refractivity contribution in [3.05, 3.63) is 23.7 Å². The van der Waals surface area contributed by atoms with Crippen LogP contribution in [-0.4, -0.2) is 5.97 Å². The summed E-state index contributed by atoms with van der Waals surface area (Å²) in [6.45, 7) is 1.65. The molecule has 0 saturated heterocycles. The number of aryl methyl sites for hydroxylation is 1. The second-order valence-electron chi connectivity index (χ2n) is 1.72. The normalized spacial score (nSPS) is 9.44. The van der Waals surface area contributed by atoms with E-state index in [-0.39, 0.29) is 5.76 Å². The Bertz CT molecular complexity index is 224. The number of carbonyl (C=O) groups excluding carboxylic acids is 1. The number of rotatable bonds is 1. The molecule has 0 aliphatic carbocycles. The Hall–Kier alpha value is -1.25. The van der Waals surface area contributed by atoms with E-state index < -0.39 is 5.97 Å². The maximum Gasteiger partial charge on any atom is 0.152 e. The topological polar surface area (TPSA) is 53.3 Å². The van der Waals surface area contributed by atoms with Gasteiger partial charge in [0.25, 0.3) is 0 Å². The number of hydrogen-bond acceptors (Lipinski definition) is 3. The molecule has 1 aromatic rings. The fourth-order valence-electron chi connectivity index (χ4n) is 0.582. The zero-order chi connectivity index (χ0) is 6.85. The maximum atomic E-state index is 10.1. The third kappa shape index (κ3) is 0.937. The summed E-state index contributed by atoms with van der Waals surface area (Å²) in [4.78, 5) is 10.1. The highest BCUT2D eigenvalue weighted by Gasteiger charge is 1.99. The minimum absolute atomic E-state index is 0.0880. The molecule has 3 nitrogen and oxygen atoms in total. The molecule has 1 aromatic heterocycles. The van der Waals surface area contributed by atoms with E-state index in [1.165, 1.54) is 6.26 Å². The largest absolute Gasteiger partial charge is 0.542 e. The van der Waals surface area contributed by atoms with Crippen molar-refractivity contribution in [1.29, 1.82) is 0 Å². The first kappa shape index (κ1) is 5.88. The molecule has 1 rings (SSSR count). The van der Waals surface area contributed by atoms with Gasteiger partial charge in [-0.2, -0.15) is 0 Å². The second kappa shape index (κ2) is 1.93. The predicted octanol–water partition coefficient (Wildman–Crippen LogP) is -0.0485.